The largest absolute Gasteiger partial charge is 0.391 e. The van der Waals surface area contributed by atoms with Crippen LogP contribution in [0, 0.1) is 12.8 Å². The van der Waals surface area contributed by atoms with Crippen molar-refractivity contribution in [3.8, 4) is 0 Å². The van der Waals surface area contributed by atoms with Gasteiger partial charge in [-0.2, -0.15) is 5.10 Å². The van der Waals surface area contributed by atoms with Gasteiger partial charge in [0.2, 0.25) is 0 Å². The fourth-order valence-electron chi connectivity index (χ4n) is 3.31. The van der Waals surface area contributed by atoms with Crippen LogP contribution in [0.4, 0.5) is 5.82 Å². The number of nitrogens with zero attached hydrogens (tertiary/aromatic N) is 3. The average molecular weight is 279 g/mol. The first-order valence-corrected chi connectivity index (χ1v) is 7.94. The molecule has 4 nitrogen and oxygen atoms in total. The Morgan fingerprint density at radius 3 is 2.55 bits per heavy atom. The van der Waals surface area contributed by atoms with Crippen LogP contribution in [0.1, 0.15) is 57.2 Å². The molecule has 0 spiro atoms. The number of aliphatic hydroxyl groups is 1. The van der Waals surface area contributed by atoms with E-state index in [2.05, 4.69) is 23.8 Å². The van der Waals surface area contributed by atoms with E-state index in [0.29, 0.717) is 12.0 Å². The molecule has 0 atom stereocenters. The SMILES string of the molecule is Cc1nn(C)c(N(CCC(C)C)C2CCCC2)c1CO. The maximum Gasteiger partial charge on any atom is 0.132 e. The summed E-state index contributed by atoms with van der Waals surface area (Å²) in [5.74, 6) is 1.84. The standard InChI is InChI=1S/C16H29N3O/c1-12(2)9-10-19(14-7-5-6-8-14)16-15(11-20)13(3)17-18(16)4/h12,14,20H,5-11H2,1-4H3. The summed E-state index contributed by atoms with van der Waals surface area (Å²) < 4.78 is 1.96. The molecule has 4 heteroatoms. The van der Waals surface area contributed by atoms with Gasteiger partial charge in [0.15, 0.2) is 0 Å². The van der Waals surface area contributed by atoms with E-state index in [1.165, 1.54) is 32.1 Å². The number of hydrogen-bond acceptors (Lipinski definition) is 3. The molecule has 1 aromatic heterocycles. The van der Waals surface area contributed by atoms with E-state index >= 15 is 0 Å². The molecule has 0 aromatic carbocycles. The summed E-state index contributed by atoms with van der Waals surface area (Å²) in [6.45, 7) is 7.68. The number of aryl methyl sites for hydroxylation is 2. The number of aromatic nitrogens is 2. The number of anilines is 1. The average Bonchev–Trinajstić information content (AvgIpc) is 2.99. The Kier molecular flexibility index (Phi) is 5.08. The van der Waals surface area contributed by atoms with Crippen molar-refractivity contribution in [2.75, 3.05) is 11.4 Å². The molecule has 114 valence electrons. The van der Waals surface area contributed by atoms with Crippen LogP contribution in [-0.2, 0) is 13.7 Å². The van der Waals surface area contributed by atoms with E-state index < -0.39 is 0 Å². The molecule has 1 N–H and O–H groups in total. The van der Waals surface area contributed by atoms with Gasteiger partial charge < -0.3 is 10.0 Å². The van der Waals surface area contributed by atoms with Crippen LogP contribution in [0.5, 0.6) is 0 Å². The van der Waals surface area contributed by atoms with Gasteiger partial charge in [0.25, 0.3) is 0 Å². The van der Waals surface area contributed by atoms with Gasteiger partial charge in [0.1, 0.15) is 5.82 Å². The van der Waals surface area contributed by atoms with E-state index in [4.69, 9.17) is 0 Å². The molecule has 1 heterocycles. The third-order valence-electron chi connectivity index (χ3n) is 4.46. The number of hydrogen-bond donors (Lipinski definition) is 1. The molecule has 0 unspecified atom stereocenters. The molecule has 1 aromatic rings. The lowest BCUT2D eigenvalue weighted by atomic mass is 10.1. The third-order valence-corrected chi connectivity index (χ3v) is 4.46. The summed E-state index contributed by atoms with van der Waals surface area (Å²) in [5, 5.41) is 14.2. The van der Waals surface area contributed by atoms with Crippen LogP contribution < -0.4 is 4.90 Å². The maximum absolute atomic E-state index is 9.70. The molecule has 1 aliphatic rings. The highest BCUT2D eigenvalue weighted by molar-refractivity contribution is 5.51. The fraction of sp³-hybridized carbons (Fsp3) is 0.812. The smallest absolute Gasteiger partial charge is 0.132 e. The van der Waals surface area contributed by atoms with Crippen molar-refractivity contribution >= 4 is 5.82 Å². The van der Waals surface area contributed by atoms with Crippen molar-refractivity contribution in [2.45, 2.75) is 65.5 Å². The van der Waals surface area contributed by atoms with Gasteiger partial charge in [-0.3, -0.25) is 4.68 Å². The topological polar surface area (TPSA) is 41.3 Å². The van der Waals surface area contributed by atoms with Crippen LogP contribution in [0.3, 0.4) is 0 Å². The van der Waals surface area contributed by atoms with Gasteiger partial charge in [-0.05, 0) is 32.1 Å². The van der Waals surface area contributed by atoms with E-state index in [-0.39, 0.29) is 6.61 Å². The van der Waals surface area contributed by atoms with E-state index in [0.717, 1.165) is 23.6 Å². The zero-order chi connectivity index (χ0) is 14.7. The van der Waals surface area contributed by atoms with Gasteiger partial charge in [-0.15, -0.1) is 0 Å². The first kappa shape index (κ1) is 15.4. The maximum atomic E-state index is 9.70. The van der Waals surface area contributed by atoms with Gasteiger partial charge in [0, 0.05) is 25.2 Å². The lowest BCUT2D eigenvalue weighted by molar-refractivity contribution is 0.281. The molecule has 0 amide bonds. The van der Waals surface area contributed by atoms with Crippen LogP contribution >= 0.6 is 0 Å². The van der Waals surface area contributed by atoms with E-state index in [1.54, 1.807) is 0 Å². The molecule has 1 fully saturated rings. The van der Waals surface area contributed by atoms with Crippen molar-refractivity contribution in [3.05, 3.63) is 11.3 Å². The third kappa shape index (κ3) is 3.17. The van der Waals surface area contributed by atoms with Crippen LogP contribution in [-0.4, -0.2) is 27.5 Å². The number of rotatable bonds is 6. The summed E-state index contributed by atoms with van der Waals surface area (Å²) >= 11 is 0. The van der Waals surface area contributed by atoms with Crippen molar-refractivity contribution in [1.29, 1.82) is 0 Å². The second-order valence-corrected chi connectivity index (χ2v) is 6.48. The van der Waals surface area contributed by atoms with Crippen LogP contribution in [0.2, 0.25) is 0 Å². The Balaban J connectivity index is 2.29. The first-order valence-electron chi connectivity index (χ1n) is 7.94. The zero-order valence-corrected chi connectivity index (χ0v) is 13.4. The fourth-order valence-corrected chi connectivity index (χ4v) is 3.31. The van der Waals surface area contributed by atoms with Gasteiger partial charge >= 0.3 is 0 Å². The molecular formula is C16H29N3O. The zero-order valence-electron chi connectivity index (χ0n) is 13.4. The molecule has 0 bridgehead atoms. The van der Waals surface area contributed by atoms with Crippen molar-refractivity contribution in [1.82, 2.24) is 9.78 Å². The minimum atomic E-state index is 0.0832. The van der Waals surface area contributed by atoms with Crippen molar-refractivity contribution in [2.24, 2.45) is 13.0 Å². The predicted molar refractivity (Wildman–Crippen MR) is 82.9 cm³/mol. The lowest BCUT2D eigenvalue weighted by Crippen LogP contribution is -2.36. The highest BCUT2D eigenvalue weighted by Crippen LogP contribution is 2.32. The Labute approximate surface area is 122 Å². The normalized spacial score (nSPS) is 16.3. The highest BCUT2D eigenvalue weighted by atomic mass is 16.3. The first-order chi connectivity index (χ1) is 9.54. The minimum absolute atomic E-state index is 0.0832. The molecule has 0 radical (unpaired) electrons. The lowest BCUT2D eigenvalue weighted by Gasteiger charge is -2.32. The van der Waals surface area contributed by atoms with Crippen molar-refractivity contribution < 1.29 is 5.11 Å². The molecular weight excluding hydrogens is 250 g/mol. The van der Waals surface area contributed by atoms with Crippen molar-refractivity contribution in [3.63, 3.8) is 0 Å². The highest BCUT2D eigenvalue weighted by Gasteiger charge is 2.27. The summed E-state index contributed by atoms with van der Waals surface area (Å²) in [4.78, 5) is 2.51. The summed E-state index contributed by atoms with van der Waals surface area (Å²) in [6, 6.07) is 0.619. The Hall–Kier alpha value is -1.03. The Bertz CT molecular complexity index is 433. The molecule has 0 aliphatic heterocycles. The summed E-state index contributed by atoms with van der Waals surface area (Å²) in [7, 11) is 2.00. The molecule has 20 heavy (non-hydrogen) atoms. The Morgan fingerprint density at radius 2 is 2.00 bits per heavy atom. The van der Waals surface area contributed by atoms with Crippen LogP contribution in [0.15, 0.2) is 0 Å². The van der Waals surface area contributed by atoms with Gasteiger partial charge in [0.05, 0.1) is 12.3 Å². The summed E-state index contributed by atoms with van der Waals surface area (Å²) in [5.41, 5.74) is 1.96. The van der Waals surface area contributed by atoms with Gasteiger partial charge in [-0.25, -0.2) is 0 Å². The number of aliphatic hydroxyl groups excluding tert-OH is 1. The van der Waals surface area contributed by atoms with Crippen LogP contribution in [0.25, 0.3) is 0 Å². The Morgan fingerprint density at radius 1 is 1.35 bits per heavy atom. The quantitative estimate of drug-likeness (QED) is 0.870. The van der Waals surface area contributed by atoms with Gasteiger partial charge in [-0.1, -0.05) is 26.7 Å². The predicted octanol–water partition coefficient (Wildman–Crippen LogP) is 3.02. The molecule has 2 rings (SSSR count). The second kappa shape index (κ2) is 6.61. The van der Waals surface area contributed by atoms with E-state index in [1.807, 2.05) is 18.7 Å². The second-order valence-electron chi connectivity index (χ2n) is 6.48. The molecule has 1 saturated carbocycles. The monoisotopic (exact) mass is 279 g/mol. The summed E-state index contributed by atoms with van der Waals surface area (Å²) in [6.07, 6.45) is 6.38. The molecule has 0 saturated heterocycles. The van der Waals surface area contributed by atoms with E-state index in [9.17, 15) is 5.11 Å². The molecule has 1 aliphatic carbocycles. The minimum Gasteiger partial charge on any atom is -0.391 e.